The SMILES string of the molecule is COCCCN1C(=O)c2[nH]nc(-c3ccccc3)c2[C@@H]1c1ccc(C(C)C)cc1. The van der Waals surface area contributed by atoms with Crippen LogP contribution in [0.15, 0.2) is 54.6 Å². The second kappa shape index (κ2) is 8.21. The molecule has 0 saturated carbocycles. The van der Waals surface area contributed by atoms with E-state index in [0.29, 0.717) is 24.8 Å². The number of nitrogens with one attached hydrogen (secondary N) is 1. The standard InChI is InChI=1S/C24H27N3O2/c1-16(2)17-10-12-19(13-11-17)23-20-21(18-8-5-4-6-9-18)25-26-22(20)24(28)27(23)14-7-15-29-3/h4-6,8-13,16,23H,7,14-15H2,1-3H3,(H,25,26)/t23-/m0/s1. The minimum Gasteiger partial charge on any atom is -0.385 e. The van der Waals surface area contributed by atoms with Gasteiger partial charge in [0.1, 0.15) is 5.69 Å². The van der Waals surface area contributed by atoms with Gasteiger partial charge in [-0.05, 0) is 23.5 Å². The highest BCUT2D eigenvalue weighted by Gasteiger charge is 2.41. The van der Waals surface area contributed by atoms with Crippen LogP contribution in [0.1, 0.15) is 59.4 Å². The van der Waals surface area contributed by atoms with Gasteiger partial charge in [0, 0.05) is 31.4 Å². The second-order valence-electron chi connectivity index (χ2n) is 7.80. The molecule has 29 heavy (non-hydrogen) atoms. The lowest BCUT2D eigenvalue weighted by Crippen LogP contribution is -2.31. The summed E-state index contributed by atoms with van der Waals surface area (Å²) in [6.45, 7) is 5.64. The molecular weight excluding hydrogens is 362 g/mol. The summed E-state index contributed by atoms with van der Waals surface area (Å²) in [6.07, 6.45) is 0.793. The van der Waals surface area contributed by atoms with Crippen LogP contribution in [0.25, 0.3) is 11.3 Å². The summed E-state index contributed by atoms with van der Waals surface area (Å²) in [5.74, 6) is 0.472. The molecule has 0 unspecified atom stereocenters. The molecule has 1 N–H and O–H groups in total. The second-order valence-corrected chi connectivity index (χ2v) is 7.80. The summed E-state index contributed by atoms with van der Waals surface area (Å²) < 4.78 is 5.21. The van der Waals surface area contributed by atoms with E-state index in [4.69, 9.17) is 4.74 Å². The molecule has 1 aromatic heterocycles. The maximum absolute atomic E-state index is 13.2. The largest absolute Gasteiger partial charge is 0.385 e. The molecule has 5 heteroatoms. The zero-order valence-corrected chi connectivity index (χ0v) is 17.2. The van der Waals surface area contributed by atoms with E-state index in [9.17, 15) is 4.79 Å². The van der Waals surface area contributed by atoms with Crippen molar-refractivity contribution in [3.05, 3.63) is 77.0 Å². The Hall–Kier alpha value is -2.92. The quantitative estimate of drug-likeness (QED) is 0.592. The predicted octanol–water partition coefficient (Wildman–Crippen LogP) is 4.78. The third kappa shape index (κ3) is 3.58. The van der Waals surface area contributed by atoms with Crippen molar-refractivity contribution in [2.75, 3.05) is 20.3 Å². The maximum Gasteiger partial charge on any atom is 0.273 e. The average molecular weight is 389 g/mol. The summed E-state index contributed by atoms with van der Waals surface area (Å²) in [4.78, 5) is 15.2. The molecular formula is C24H27N3O2. The van der Waals surface area contributed by atoms with Crippen LogP contribution < -0.4 is 0 Å². The highest BCUT2D eigenvalue weighted by atomic mass is 16.5. The van der Waals surface area contributed by atoms with Crippen molar-refractivity contribution in [1.82, 2.24) is 15.1 Å². The highest BCUT2D eigenvalue weighted by molar-refractivity contribution is 6.00. The van der Waals surface area contributed by atoms with Crippen molar-refractivity contribution in [1.29, 1.82) is 0 Å². The van der Waals surface area contributed by atoms with Crippen LogP contribution in [0.3, 0.4) is 0 Å². The molecule has 1 atom stereocenters. The lowest BCUT2D eigenvalue weighted by atomic mass is 9.94. The zero-order valence-electron chi connectivity index (χ0n) is 17.2. The Morgan fingerprint density at radius 3 is 2.48 bits per heavy atom. The third-order valence-corrected chi connectivity index (χ3v) is 5.58. The van der Waals surface area contributed by atoms with E-state index >= 15 is 0 Å². The van der Waals surface area contributed by atoms with Gasteiger partial charge in [-0.1, -0.05) is 68.4 Å². The van der Waals surface area contributed by atoms with E-state index in [1.807, 2.05) is 35.2 Å². The molecule has 1 aliphatic heterocycles. The van der Waals surface area contributed by atoms with E-state index in [1.54, 1.807) is 7.11 Å². The fraction of sp³-hybridized carbons (Fsp3) is 0.333. The molecule has 4 rings (SSSR count). The predicted molar refractivity (Wildman–Crippen MR) is 114 cm³/mol. The van der Waals surface area contributed by atoms with Gasteiger partial charge in [0.2, 0.25) is 0 Å². The average Bonchev–Trinajstić information content (AvgIpc) is 3.28. The summed E-state index contributed by atoms with van der Waals surface area (Å²) in [5, 5.41) is 7.53. The van der Waals surface area contributed by atoms with E-state index in [1.165, 1.54) is 5.56 Å². The molecule has 2 heterocycles. The first kappa shape index (κ1) is 19.4. The van der Waals surface area contributed by atoms with Crippen molar-refractivity contribution in [3.63, 3.8) is 0 Å². The Kier molecular flexibility index (Phi) is 5.49. The Morgan fingerprint density at radius 2 is 1.83 bits per heavy atom. The highest BCUT2D eigenvalue weighted by Crippen LogP contribution is 2.42. The first-order valence-electron chi connectivity index (χ1n) is 10.1. The number of nitrogens with zero attached hydrogens (tertiary/aromatic N) is 2. The molecule has 0 radical (unpaired) electrons. The minimum absolute atomic E-state index is 0.00344. The van der Waals surface area contributed by atoms with Crippen molar-refractivity contribution >= 4 is 5.91 Å². The number of carbonyl (C=O) groups excluding carboxylic acids is 1. The molecule has 0 bridgehead atoms. The van der Waals surface area contributed by atoms with Gasteiger partial charge in [0.05, 0.1) is 11.7 Å². The lowest BCUT2D eigenvalue weighted by molar-refractivity contribution is 0.0723. The number of H-pyrrole nitrogens is 1. The molecule has 3 aromatic rings. The first-order chi connectivity index (χ1) is 14.1. The molecule has 5 nitrogen and oxygen atoms in total. The number of hydrogen-bond acceptors (Lipinski definition) is 3. The summed E-state index contributed by atoms with van der Waals surface area (Å²) >= 11 is 0. The van der Waals surface area contributed by atoms with E-state index in [-0.39, 0.29) is 11.9 Å². The number of benzene rings is 2. The van der Waals surface area contributed by atoms with E-state index in [0.717, 1.165) is 28.8 Å². The van der Waals surface area contributed by atoms with Crippen LogP contribution in [-0.4, -0.2) is 41.3 Å². The smallest absolute Gasteiger partial charge is 0.273 e. The molecule has 1 amide bonds. The van der Waals surface area contributed by atoms with E-state index in [2.05, 4.69) is 48.3 Å². The van der Waals surface area contributed by atoms with Crippen LogP contribution in [0, 0.1) is 0 Å². The van der Waals surface area contributed by atoms with Gasteiger partial charge in [-0.3, -0.25) is 9.89 Å². The van der Waals surface area contributed by atoms with Gasteiger partial charge >= 0.3 is 0 Å². The number of methoxy groups -OCH3 is 1. The van der Waals surface area contributed by atoms with Gasteiger partial charge in [-0.2, -0.15) is 5.10 Å². The Balaban J connectivity index is 1.79. The van der Waals surface area contributed by atoms with Gasteiger partial charge in [-0.15, -0.1) is 0 Å². The molecule has 150 valence electrons. The maximum atomic E-state index is 13.2. The number of hydrogen-bond donors (Lipinski definition) is 1. The van der Waals surface area contributed by atoms with Crippen molar-refractivity contribution in [2.24, 2.45) is 0 Å². The van der Waals surface area contributed by atoms with E-state index < -0.39 is 0 Å². The van der Waals surface area contributed by atoms with Gasteiger partial charge in [0.25, 0.3) is 5.91 Å². The zero-order chi connectivity index (χ0) is 20.4. The summed E-state index contributed by atoms with van der Waals surface area (Å²) in [6, 6.07) is 18.5. The Labute approximate surface area is 171 Å². The molecule has 1 aliphatic rings. The van der Waals surface area contributed by atoms with Gasteiger partial charge in [-0.25, -0.2) is 0 Å². The number of ether oxygens (including phenoxy) is 1. The molecule has 0 fully saturated rings. The number of aromatic amines is 1. The first-order valence-corrected chi connectivity index (χ1v) is 10.1. The van der Waals surface area contributed by atoms with Crippen LogP contribution >= 0.6 is 0 Å². The van der Waals surface area contributed by atoms with Crippen LogP contribution in [0.2, 0.25) is 0 Å². The molecule has 2 aromatic carbocycles. The Bertz CT molecular complexity index is 977. The number of rotatable bonds is 7. The van der Waals surface area contributed by atoms with Crippen LogP contribution in [-0.2, 0) is 4.74 Å². The minimum atomic E-state index is -0.149. The van der Waals surface area contributed by atoms with Crippen LogP contribution in [0.4, 0.5) is 0 Å². The van der Waals surface area contributed by atoms with Gasteiger partial charge in [0.15, 0.2) is 0 Å². The van der Waals surface area contributed by atoms with Crippen molar-refractivity contribution < 1.29 is 9.53 Å². The number of amides is 1. The summed E-state index contributed by atoms with van der Waals surface area (Å²) in [7, 11) is 1.69. The fourth-order valence-corrected chi connectivity index (χ4v) is 4.03. The summed E-state index contributed by atoms with van der Waals surface area (Å²) in [5.41, 5.74) is 5.83. The molecule has 0 spiro atoms. The monoisotopic (exact) mass is 389 g/mol. The lowest BCUT2D eigenvalue weighted by Gasteiger charge is -2.26. The topological polar surface area (TPSA) is 58.2 Å². The third-order valence-electron chi connectivity index (χ3n) is 5.58. The van der Waals surface area contributed by atoms with Crippen molar-refractivity contribution in [3.8, 4) is 11.3 Å². The fourth-order valence-electron chi connectivity index (χ4n) is 4.03. The van der Waals surface area contributed by atoms with Gasteiger partial charge < -0.3 is 9.64 Å². The number of fused-ring (bicyclic) bond motifs is 1. The normalized spacial score (nSPS) is 15.9. The van der Waals surface area contributed by atoms with Crippen molar-refractivity contribution in [2.45, 2.75) is 32.2 Å². The number of aromatic nitrogens is 2. The Morgan fingerprint density at radius 1 is 1.10 bits per heavy atom. The molecule has 0 aliphatic carbocycles. The number of carbonyl (C=O) groups is 1. The van der Waals surface area contributed by atoms with Crippen LogP contribution in [0.5, 0.6) is 0 Å². The molecule has 0 saturated heterocycles.